The predicted octanol–water partition coefficient (Wildman–Crippen LogP) is 0.592. The number of cyclic esters (lactones) is 1. The van der Waals surface area contributed by atoms with Gasteiger partial charge in [-0.1, -0.05) is 0 Å². The SMILES string of the molecule is CNCC1CN(c2ccc(N3C=NN(C=O)CC3)c(F)c2)C(=O)O1. The van der Waals surface area contributed by atoms with Gasteiger partial charge >= 0.3 is 6.09 Å². The van der Waals surface area contributed by atoms with Gasteiger partial charge in [0, 0.05) is 13.1 Å². The number of anilines is 2. The van der Waals surface area contributed by atoms with Crippen LogP contribution in [0.3, 0.4) is 0 Å². The Labute approximate surface area is 138 Å². The first-order valence-corrected chi connectivity index (χ1v) is 7.57. The first kappa shape index (κ1) is 16.2. The highest BCUT2D eigenvalue weighted by atomic mass is 19.1. The molecule has 0 bridgehead atoms. The molecule has 0 saturated carbocycles. The number of carbonyl (C=O) groups excluding carboxylic acids is 2. The second-order valence-corrected chi connectivity index (χ2v) is 5.50. The molecular formula is C15H18FN5O3. The molecule has 1 N–H and O–H groups in total. The summed E-state index contributed by atoms with van der Waals surface area (Å²) in [6.07, 6.45) is 1.29. The van der Waals surface area contributed by atoms with E-state index in [1.54, 1.807) is 24.1 Å². The first-order valence-electron chi connectivity index (χ1n) is 7.57. The first-order chi connectivity index (χ1) is 11.6. The summed E-state index contributed by atoms with van der Waals surface area (Å²) in [5.41, 5.74) is 0.788. The Hall–Kier alpha value is -2.68. The van der Waals surface area contributed by atoms with E-state index >= 15 is 0 Å². The van der Waals surface area contributed by atoms with E-state index < -0.39 is 11.9 Å². The van der Waals surface area contributed by atoms with Crippen LogP contribution in [0.4, 0.5) is 20.6 Å². The van der Waals surface area contributed by atoms with Crippen LogP contribution in [0.15, 0.2) is 23.3 Å². The minimum absolute atomic E-state index is 0.256. The number of nitrogens with zero attached hydrogens (tertiary/aromatic N) is 4. The largest absolute Gasteiger partial charge is 0.443 e. The van der Waals surface area contributed by atoms with Gasteiger partial charge < -0.3 is 15.0 Å². The quantitative estimate of drug-likeness (QED) is 0.797. The Kier molecular flexibility index (Phi) is 4.61. The van der Waals surface area contributed by atoms with Gasteiger partial charge in [-0.25, -0.2) is 14.2 Å². The van der Waals surface area contributed by atoms with Gasteiger partial charge in [0.15, 0.2) is 0 Å². The number of carbonyl (C=O) groups is 2. The van der Waals surface area contributed by atoms with Crippen molar-refractivity contribution in [2.45, 2.75) is 6.10 Å². The van der Waals surface area contributed by atoms with Crippen molar-refractivity contribution in [3.63, 3.8) is 0 Å². The van der Waals surface area contributed by atoms with Crippen LogP contribution in [0, 0.1) is 5.82 Å². The molecule has 8 nitrogen and oxygen atoms in total. The highest BCUT2D eigenvalue weighted by Crippen LogP contribution is 2.27. The molecule has 1 atom stereocenters. The zero-order chi connectivity index (χ0) is 17.1. The van der Waals surface area contributed by atoms with Crippen LogP contribution >= 0.6 is 0 Å². The van der Waals surface area contributed by atoms with Crippen molar-refractivity contribution in [3.8, 4) is 0 Å². The van der Waals surface area contributed by atoms with Gasteiger partial charge in [-0.05, 0) is 25.2 Å². The molecule has 0 radical (unpaired) electrons. The number of halogens is 1. The van der Waals surface area contributed by atoms with Crippen LogP contribution < -0.4 is 15.1 Å². The van der Waals surface area contributed by atoms with E-state index in [0.29, 0.717) is 44.0 Å². The van der Waals surface area contributed by atoms with Crippen LogP contribution in [-0.2, 0) is 9.53 Å². The number of likely N-dealkylation sites (N-methyl/N-ethyl adjacent to an activating group) is 1. The van der Waals surface area contributed by atoms with Crippen molar-refractivity contribution < 1.29 is 18.7 Å². The third-order valence-electron chi connectivity index (χ3n) is 3.89. The fourth-order valence-corrected chi connectivity index (χ4v) is 2.68. The molecule has 2 amide bonds. The molecule has 24 heavy (non-hydrogen) atoms. The number of hydrazone groups is 1. The zero-order valence-electron chi connectivity index (χ0n) is 13.2. The number of hydrogen-bond donors (Lipinski definition) is 1. The molecule has 9 heteroatoms. The Balaban J connectivity index is 1.76. The van der Waals surface area contributed by atoms with E-state index in [4.69, 9.17) is 4.74 Å². The normalized spacial score (nSPS) is 20.5. The summed E-state index contributed by atoms with van der Waals surface area (Å²) < 4.78 is 19.7. The number of rotatable bonds is 5. The summed E-state index contributed by atoms with van der Waals surface area (Å²) in [6, 6.07) is 4.56. The van der Waals surface area contributed by atoms with E-state index in [1.807, 2.05) is 0 Å². The summed E-state index contributed by atoms with van der Waals surface area (Å²) in [5.74, 6) is -0.469. The van der Waals surface area contributed by atoms with Crippen LogP contribution in [0.25, 0.3) is 0 Å². The number of nitrogens with one attached hydrogen (secondary N) is 1. The molecule has 1 saturated heterocycles. The highest BCUT2D eigenvalue weighted by molar-refractivity contribution is 5.90. The predicted molar refractivity (Wildman–Crippen MR) is 86.5 cm³/mol. The Morgan fingerprint density at radius 2 is 2.29 bits per heavy atom. The molecule has 2 aliphatic rings. The van der Waals surface area contributed by atoms with Crippen LogP contribution in [-0.4, -0.2) is 63.2 Å². The molecular weight excluding hydrogens is 317 g/mol. The molecule has 3 rings (SSSR count). The zero-order valence-corrected chi connectivity index (χ0v) is 13.2. The van der Waals surface area contributed by atoms with E-state index in [1.165, 1.54) is 22.3 Å². The highest BCUT2D eigenvalue weighted by Gasteiger charge is 2.32. The summed E-state index contributed by atoms with van der Waals surface area (Å²) in [6.45, 7) is 1.73. The number of amides is 2. The number of hydrogen-bond acceptors (Lipinski definition) is 6. The number of ether oxygens (including phenoxy) is 1. The van der Waals surface area contributed by atoms with E-state index in [0.717, 1.165) is 0 Å². The van der Waals surface area contributed by atoms with E-state index in [2.05, 4.69) is 10.4 Å². The molecule has 1 aromatic carbocycles. The molecule has 0 aromatic heterocycles. The van der Waals surface area contributed by atoms with E-state index in [9.17, 15) is 14.0 Å². The summed E-state index contributed by atoms with van der Waals surface area (Å²) in [4.78, 5) is 25.6. The molecule has 0 spiro atoms. The standard InChI is InChI=1S/C15H18FN5O3/c1-17-7-12-8-21(15(23)24-12)11-2-3-14(13(16)6-11)19-4-5-20(10-22)18-9-19/h2-3,6,9-10,12,17H,4-5,7-8H2,1H3. The second-order valence-electron chi connectivity index (χ2n) is 5.50. The molecule has 1 aromatic rings. The fourth-order valence-electron chi connectivity index (χ4n) is 2.68. The molecule has 2 heterocycles. The maximum Gasteiger partial charge on any atom is 0.414 e. The van der Waals surface area contributed by atoms with Gasteiger partial charge in [-0.15, -0.1) is 0 Å². The summed E-state index contributed by atoms with van der Waals surface area (Å²) in [7, 11) is 1.77. The van der Waals surface area contributed by atoms with Gasteiger partial charge in [0.1, 0.15) is 18.3 Å². The Morgan fingerprint density at radius 1 is 1.46 bits per heavy atom. The van der Waals surface area contributed by atoms with Crippen molar-refractivity contribution in [3.05, 3.63) is 24.0 Å². The second kappa shape index (κ2) is 6.83. The van der Waals surface area contributed by atoms with Crippen molar-refractivity contribution in [2.24, 2.45) is 5.10 Å². The summed E-state index contributed by atoms with van der Waals surface area (Å²) >= 11 is 0. The maximum absolute atomic E-state index is 14.5. The van der Waals surface area contributed by atoms with Crippen molar-refractivity contribution in [2.75, 3.05) is 43.0 Å². The van der Waals surface area contributed by atoms with Gasteiger partial charge in [0.2, 0.25) is 6.41 Å². The number of benzene rings is 1. The van der Waals surface area contributed by atoms with E-state index in [-0.39, 0.29) is 6.10 Å². The maximum atomic E-state index is 14.5. The van der Waals surface area contributed by atoms with Gasteiger partial charge in [0.25, 0.3) is 0 Å². The lowest BCUT2D eigenvalue weighted by Crippen LogP contribution is -2.37. The lowest BCUT2D eigenvalue weighted by atomic mass is 10.2. The minimum atomic E-state index is -0.483. The monoisotopic (exact) mass is 335 g/mol. The average Bonchev–Trinajstić information content (AvgIpc) is 2.96. The fraction of sp³-hybridized carbons (Fsp3) is 0.400. The molecule has 1 fully saturated rings. The smallest absolute Gasteiger partial charge is 0.414 e. The van der Waals surface area contributed by atoms with Crippen molar-refractivity contribution in [1.29, 1.82) is 0 Å². The Morgan fingerprint density at radius 3 is 2.92 bits per heavy atom. The van der Waals surface area contributed by atoms with Crippen molar-refractivity contribution >= 4 is 30.2 Å². The van der Waals surface area contributed by atoms with Gasteiger partial charge in [-0.3, -0.25) is 9.69 Å². The molecule has 1 unspecified atom stereocenters. The molecule has 2 aliphatic heterocycles. The van der Waals surface area contributed by atoms with Gasteiger partial charge in [-0.2, -0.15) is 5.10 Å². The Bertz CT molecular complexity index is 669. The van der Waals surface area contributed by atoms with Crippen molar-refractivity contribution in [1.82, 2.24) is 10.3 Å². The molecule has 128 valence electrons. The topological polar surface area (TPSA) is 77.5 Å². The lowest BCUT2D eigenvalue weighted by molar-refractivity contribution is -0.118. The third-order valence-corrected chi connectivity index (χ3v) is 3.89. The van der Waals surface area contributed by atoms with Gasteiger partial charge in [0.05, 0.1) is 24.5 Å². The van der Waals surface area contributed by atoms with Crippen LogP contribution in [0.1, 0.15) is 0 Å². The summed E-state index contributed by atoms with van der Waals surface area (Å²) in [5, 5.41) is 8.08. The minimum Gasteiger partial charge on any atom is -0.443 e. The third kappa shape index (κ3) is 3.16. The van der Waals surface area contributed by atoms with Crippen LogP contribution in [0.2, 0.25) is 0 Å². The lowest BCUT2D eigenvalue weighted by Gasteiger charge is -2.27. The molecule has 0 aliphatic carbocycles. The average molecular weight is 335 g/mol. The van der Waals surface area contributed by atoms with Crippen LogP contribution in [0.5, 0.6) is 0 Å².